The maximum Gasteiger partial charge on any atom is 0.409 e. The maximum atomic E-state index is 12.3. The van der Waals surface area contributed by atoms with E-state index < -0.39 is 17.9 Å². The van der Waals surface area contributed by atoms with Gasteiger partial charge in [0.2, 0.25) is 11.8 Å². The lowest BCUT2D eigenvalue weighted by atomic mass is 9.99. The topological polar surface area (TPSA) is 122 Å². The summed E-state index contributed by atoms with van der Waals surface area (Å²) >= 11 is 0. The van der Waals surface area contributed by atoms with E-state index in [4.69, 9.17) is 4.74 Å². The minimum Gasteiger partial charge on any atom is -0.449 e. The second-order valence-corrected chi connectivity index (χ2v) is 8.97. The summed E-state index contributed by atoms with van der Waals surface area (Å²) in [5, 5.41) is 5.33. The summed E-state index contributed by atoms with van der Waals surface area (Å²) in [4.78, 5) is 61.1. The molecule has 0 aromatic carbocycles. The Morgan fingerprint density at radius 3 is 2.06 bits per heavy atom. The van der Waals surface area contributed by atoms with Crippen LogP contribution >= 0.6 is 0 Å². The van der Waals surface area contributed by atoms with Crippen LogP contribution in [-0.2, 0) is 23.9 Å². The van der Waals surface area contributed by atoms with Gasteiger partial charge in [0.1, 0.15) is 5.78 Å². The summed E-state index contributed by atoms with van der Waals surface area (Å²) in [6.07, 6.45) is 1.10. The number of hydrogen-bond acceptors (Lipinski definition) is 6. The van der Waals surface area contributed by atoms with E-state index in [9.17, 15) is 24.0 Å². The molecular formula is C23H41N3O6. The Hall–Kier alpha value is -2.45. The molecule has 0 radical (unpaired) electrons. The number of rotatable bonds is 15. The van der Waals surface area contributed by atoms with Gasteiger partial charge in [-0.3, -0.25) is 14.4 Å². The molecule has 0 aliphatic rings. The molecule has 0 aliphatic carbocycles. The standard InChI is InChI=1S/C23H41N3O6/c1-15(2)9-11-26(7)23(31)32-12-8-10-24-21(29)17(4)14-20(28)19(6)25-22(30)16(3)13-18(5)27/h15-17,19H,8-14H2,1-7H3,(H,24,29)(H,25,30). The van der Waals surface area contributed by atoms with E-state index in [0.717, 1.165) is 6.42 Å². The maximum absolute atomic E-state index is 12.3. The Labute approximate surface area is 192 Å². The lowest BCUT2D eigenvalue weighted by Crippen LogP contribution is -2.43. The predicted octanol–water partition coefficient (Wildman–Crippen LogP) is 2.32. The molecule has 9 heteroatoms. The van der Waals surface area contributed by atoms with Crippen molar-refractivity contribution in [1.29, 1.82) is 0 Å². The first-order valence-corrected chi connectivity index (χ1v) is 11.3. The zero-order chi connectivity index (χ0) is 24.8. The second kappa shape index (κ2) is 15.4. The molecule has 3 amide bonds. The van der Waals surface area contributed by atoms with Gasteiger partial charge in [-0.05, 0) is 32.6 Å². The van der Waals surface area contributed by atoms with Crippen molar-refractivity contribution in [3.8, 4) is 0 Å². The summed E-state index contributed by atoms with van der Waals surface area (Å²) in [6, 6.07) is -0.737. The smallest absolute Gasteiger partial charge is 0.409 e. The molecule has 0 saturated heterocycles. The van der Waals surface area contributed by atoms with E-state index in [1.165, 1.54) is 11.8 Å². The Morgan fingerprint density at radius 1 is 0.906 bits per heavy atom. The molecule has 32 heavy (non-hydrogen) atoms. The van der Waals surface area contributed by atoms with Gasteiger partial charge in [0.15, 0.2) is 5.78 Å². The summed E-state index contributed by atoms with van der Waals surface area (Å²) in [5.74, 6) is -1.54. The first-order chi connectivity index (χ1) is 14.8. The normalized spacial score (nSPS) is 13.6. The molecule has 9 nitrogen and oxygen atoms in total. The predicted molar refractivity (Wildman–Crippen MR) is 122 cm³/mol. The number of carbonyl (C=O) groups is 5. The molecule has 0 aromatic heterocycles. The molecule has 0 aromatic rings. The highest BCUT2D eigenvalue weighted by Crippen LogP contribution is 2.08. The van der Waals surface area contributed by atoms with Crippen LogP contribution in [0.15, 0.2) is 0 Å². The molecule has 3 unspecified atom stereocenters. The third-order valence-corrected chi connectivity index (χ3v) is 5.04. The van der Waals surface area contributed by atoms with E-state index in [1.54, 1.807) is 27.8 Å². The lowest BCUT2D eigenvalue weighted by molar-refractivity contribution is -0.133. The minimum atomic E-state index is -0.737. The molecule has 3 atom stereocenters. The summed E-state index contributed by atoms with van der Waals surface area (Å²) in [5.41, 5.74) is 0. The fourth-order valence-corrected chi connectivity index (χ4v) is 2.80. The van der Waals surface area contributed by atoms with Crippen molar-refractivity contribution in [3.63, 3.8) is 0 Å². The van der Waals surface area contributed by atoms with Gasteiger partial charge >= 0.3 is 6.09 Å². The Morgan fingerprint density at radius 2 is 1.50 bits per heavy atom. The molecule has 2 N–H and O–H groups in total. The van der Waals surface area contributed by atoms with Crippen molar-refractivity contribution in [1.82, 2.24) is 15.5 Å². The summed E-state index contributed by atoms with van der Waals surface area (Å²) in [7, 11) is 1.69. The zero-order valence-electron chi connectivity index (χ0n) is 20.7. The molecular weight excluding hydrogens is 414 g/mol. The first-order valence-electron chi connectivity index (χ1n) is 11.3. The van der Waals surface area contributed by atoms with E-state index in [1.807, 2.05) is 0 Å². The quantitative estimate of drug-likeness (QED) is 0.366. The van der Waals surface area contributed by atoms with Gasteiger partial charge in [0.25, 0.3) is 0 Å². The van der Waals surface area contributed by atoms with Crippen LogP contribution in [0.5, 0.6) is 0 Å². The van der Waals surface area contributed by atoms with Gasteiger partial charge in [-0.1, -0.05) is 27.7 Å². The molecule has 0 bridgehead atoms. The summed E-state index contributed by atoms with van der Waals surface area (Å²) < 4.78 is 5.17. The van der Waals surface area contributed by atoms with Crippen molar-refractivity contribution < 1.29 is 28.7 Å². The van der Waals surface area contributed by atoms with E-state index in [2.05, 4.69) is 24.5 Å². The van der Waals surface area contributed by atoms with Gasteiger partial charge in [-0.25, -0.2) is 4.79 Å². The average Bonchev–Trinajstić information content (AvgIpc) is 2.70. The molecule has 0 heterocycles. The molecule has 0 fully saturated rings. The lowest BCUT2D eigenvalue weighted by Gasteiger charge is -2.19. The van der Waals surface area contributed by atoms with Crippen LogP contribution < -0.4 is 10.6 Å². The first kappa shape index (κ1) is 29.5. The number of nitrogens with one attached hydrogen (secondary N) is 2. The molecule has 0 spiro atoms. The number of nitrogens with zero attached hydrogens (tertiary/aromatic N) is 1. The van der Waals surface area contributed by atoms with Gasteiger partial charge in [0.05, 0.1) is 12.6 Å². The third-order valence-electron chi connectivity index (χ3n) is 5.04. The van der Waals surface area contributed by atoms with Crippen LogP contribution in [0.1, 0.15) is 67.2 Å². The van der Waals surface area contributed by atoms with Crippen LogP contribution in [0.4, 0.5) is 4.79 Å². The number of hydrogen-bond donors (Lipinski definition) is 2. The van der Waals surface area contributed by atoms with Crippen molar-refractivity contribution >= 4 is 29.5 Å². The van der Waals surface area contributed by atoms with Crippen LogP contribution in [0.3, 0.4) is 0 Å². The van der Waals surface area contributed by atoms with Crippen LogP contribution in [0, 0.1) is 17.8 Å². The number of ether oxygens (including phenoxy) is 1. The van der Waals surface area contributed by atoms with Crippen molar-refractivity contribution in [3.05, 3.63) is 0 Å². The number of amides is 3. The van der Waals surface area contributed by atoms with Gasteiger partial charge < -0.3 is 25.1 Å². The average molecular weight is 456 g/mol. The monoisotopic (exact) mass is 455 g/mol. The van der Waals surface area contributed by atoms with E-state index in [0.29, 0.717) is 25.4 Å². The van der Waals surface area contributed by atoms with Crippen LogP contribution in [0.2, 0.25) is 0 Å². The Bertz CT molecular complexity index is 650. The van der Waals surface area contributed by atoms with Crippen molar-refractivity contribution in [2.45, 2.75) is 73.3 Å². The fraction of sp³-hybridized carbons (Fsp3) is 0.783. The number of ketones is 2. The highest BCUT2D eigenvalue weighted by Gasteiger charge is 2.24. The van der Waals surface area contributed by atoms with Crippen molar-refractivity contribution in [2.24, 2.45) is 17.8 Å². The Balaban J connectivity index is 4.17. The van der Waals surface area contributed by atoms with Crippen LogP contribution in [0.25, 0.3) is 0 Å². The summed E-state index contributed by atoms with van der Waals surface area (Å²) in [6.45, 7) is 11.6. The molecule has 0 aliphatic heterocycles. The zero-order valence-corrected chi connectivity index (χ0v) is 20.7. The second-order valence-electron chi connectivity index (χ2n) is 8.97. The molecule has 0 saturated carbocycles. The Kier molecular flexibility index (Phi) is 14.2. The molecule has 184 valence electrons. The van der Waals surface area contributed by atoms with E-state index >= 15 is 0 Å². The van der Waals surface area contributed by atoms with Gasteiger partial charge in [-0.2, -0.15) is 0 Å². The largest absolute Gasteiger partial charge is 0.449 e. The molecule has 0 rings (SSSR count). The SMILES string of the molecule is CC(=O)CC(C)C(=O)NC(C)C(=O)CC(C)C(=O)NCCCOC(=O)N(C)CCC(C)C. The van der Waals surface area contributed by atoms with Crippen LogP contribution in [-0.4, -0.2) is 67.2 Å². The fourth-order valence-electron chi connectivity index (χ4n) is 2.80. The number of carbonyl (C=O) groups excluding carboxylic acids is 5. The third kappa shape index (κ3) is 13.1. The highest BCUT2D eigenvalue weighted by molar-refractivity contribution is 5.93. The highest BCUT2D eigenvalue weighted by atomic mass is 16.6. The number of Topliss-reactive ketones (excluding diaryl/α,β-unsaturated/α-hetero) is 2. The van der Waals surface area contributed by atoms with Crippen molar-refractivity contribution in [2.75, 3.05) is 26.7 Å². The van der Waals surface area contributed by atoms with Gasteiger partial charge in [0, 0.05) is 44.8 Å². The van der Waals surface area contributed by atoms with E-state index in [-0.39, 0.29) is 48.9 Å². The minimum absolute atomic E-state index is 0.00992. The van der Waals surface area contributed by atoms with Gasteiger partial charge in [-0.15, -0.1) is 0 Å².